The van der Waals surface area contributed by atoms with Crippen LogP contribution in [0.2, 0.25) is 0 Å². The predicted molar refractivity (Wildman–Crippen MR) is 128 cm³/mol. The molecule has 0 radical (unpaired) electrons. The van der Waals surface area contributed by atoms with Crippen LogP contribution in [0.5, 0.6) is 0 Å². The van der Waals surface area contributed by atoms with Gasteiger partial charge in [-0.3, -0.25) is 4.79 Å². The number of hydrogen-bond acceptors (Lipinski definition) is 5. The second-order valence-corrected chi connectivity index (χ2v) is 11.8. The number of allylic oxidation sites excluding steroid dienone is 6. The number of carbonyl (C=O) groups is 1. The Hall–Kier alpha value is -1.53. The van der Waals surface area contributed by atoms with Crippen molar-refractivity contribution in [1.82, 2.24) is 0 Å². The van der Waals surface area contributed by atoms with Gasteiger partial charge in [0.2, 0.25) is 0 Å². The zero-order valence-corrected chi connectivity index (χ0v) is 20.6. The van der Waals surface area contributed by atoms with Gasteiger partial charge in [-0.15, -0.1) is 0 Å². The van der Waals surface area contributed by atoms with Crippen molar-refractivity contribution in [2.45, 2.75) is 78.1 Å². The summed E-state index contributed by atoms with van der Waals surface area (Å²) in [6.07, 6.45) is 11.1. The number of aliphatic hydroxyl groups excluding tert-OH is 3. The molecule has 1 unspecified atom stereocenters. The van der Waals surface area contributed by atoms with Crippen molar-refractivity contribution in [2.24, 2.45) is 34.5 Å². The molecule has 0 heterocycles. The van der Waals surface area contributed by atoms with Crippen molar-refractivity contribution in [3.63, 3.8) is 0 Å². The van der Waals surface area contributed by atoms with E-state index in [1.54, 1.807) is 19.9 Å². The maximum Gasteiger partial charge on any atom is 0.156 e. The second kappa shape index (κ2) is 8.30. The Kier molecular flexibility index (Phi) is 6.18. The van der Waals surface area contributed by atoms with Crippen molar-refractivity contribution in [1.29, 1.82) is 0 Å². The van der Waals surface area contributed by atoms with Crippen molar-refractivity contribution in [3.8, 4) is 0 Å². The lowest BCUT2D eigenvalue weighted by Crippen LogP contribution is -2.49. The van der Waals surface area contributed by atoms with Crippen LogP contribution >= 0.6 is 0 Å². The molecule has 4 N–H and O–H groups in total. The molecule has 0 bridgehead atoms. The Morgan fingerprint density at radius 2 is 1.88 bits per heavy atom. The summed E-state index contributed by atoms with van der Waals surface area (Å²) in [5.74, 6) is -0.0323. The summed E-state index contributed by atoms with van der Waals surface area (Å²) in [5, 5.41) is 42.8. The maximum absolute atomic E-state index is 12.0. The zero-order chi connectivity index (χ0) is 24.3. The minimum atomic E-state index is -1.02. The average Bonchev–Trinajstić information content (AvgIpc) is 3.01. The molecular weight excluding hydrogens is 416 g/mol. The summed E-state index contributed by atoms with van der Waals surface area (Å²) in [7, 11) is 0. The van der Waals surface area contributed by atoms with Gasteiger partial charge >= 0.3 is 0 Å². The molecule has 182 valence electrons. The van der Waals surface area contributed by atoms with Crippen LogP contribution in [0.25, 0.3) is 0 Å². The standard InChI is InChI=1S/C28H40O5/c1-16(6-7-18(15-29)26(2,3)33)21-13-23(31)25-20-9-8-17-12-19(30)10-11-27(17,4)22(20)14-24(32)28(21,25)5/h6-9,12,16,18,21-24,29,31-33H,10-11,13-15H2,1-5H3/b7-6+/t16-,18?,21-,22+,23+,24-,27+,28+/m1/s1. The van der Waals surface area contributed by atoms with E-state index in [0.29, 0.717) is 19.3 Å². The monoisotopic (exact) mass is 456 g/mol. The Balaban J connectivity index is 1.72. The van der Waals surface area contributed by atoms with Crippen LogP contribution in [0, 0.1) is 34.5 Å². The highest BCUT2D eigenvalue weighted by atomic mass is 16.3. The largest absolute Gasteiger partial charge is 0.396 e. The first-order chi connectivity index (χ1) is 15.3. The topological polar surface area (TPSA) is 98.0 Å². The fourth-order valence-corrected chi connectivity index (χ4v) is 7.14. The summed E-state index contributed by atoms with van der Waals surface area (Å²) in [5.41, 5.74) is 1.39. The maximum atomic E-state index is 12.0. The molecule has 33 heavy (non-hydrogen) atoms. The first kappa shape index (κ1) is 24.6. The summed E-state index contributed by atoms with van der Waals surface area (Å²) in [6, 6.07) is 0. The van der Waals surface area contributed by atoms with Gasteiger partial charge in [-0.1, -0.05) is 45.1 Å². The Bertz CT molecular complexity index is 934. The molecule has 5 nitrogen and oxygen atoms in total. The molecule has 8 atom stereocenters. The highest BCUT2D eigenvalue weighted by molar-refractivity contribution is 5.92. The van der Waals surface area contributed by atoms with Crippen molar-refractivity contribution >= 4 is 5.78 Å². The third-order valence-corrected chi connectivity index (χ3v) is 9.46. The first-order valence-electron chi connectivity index (χ1n) is 12.4. The highest BCUT2D eigenvalue weighted by Gasteiger charge is 2.59. The third kappa shape index (κ3) is 3.81. The molecule has 1 saturated carbocycles. The van der Waals surface area contributed by atoms with Gasteiger partial charge in [-0.25, -0.2) is 0 Å². The number of carbonyl (C=O) groups excluding carboxylic acids is 1. The van der Waals surface area contributed by atoms with Crippen LogP contribution in [-0.2, 0) is 4.79 Å². The number of rotatable bonds is 5. The van der Waals surface area contributed by atoms with E-state index in [-0.39, 0.29) is 41.5 Å². The van der Waals surface area contributed by atoms with Gasteiger partial charge < -0.3 is 20.4 Å². The lowest BCUT2D eigenvalue weighted by atomic mass is 9.52. The lowest BCUT2D eigenvalue weighted by molar-refractivity contribution is -0.116. The van der Waals surface area contributed by atoms with Crippen molar-refractivity contribution in [2.75, 3.05) is 6.61 Å². The molecule has 0 aromatic carbocycles. The van der Waals surface area contributed by atoms with Crippen molar-refractivity contribution < 1.29 is 25.2 Å². The smallest absolute Gasteiger partial charge is 0.156 e. The molecule has 4 rings (SSSR count). The van der Waals surface area contributed by atoms with Gasteiger partial charge in [0.25, 0.3) is 0 Å². The van der Waals surface area contributed by atoms with E-state index in [1.807, 2.05) is 18.2 Å². The van der Waals surface area contributed by atoms with Crippen molar-refractivity contribution in [3.05, 3.63) is 47.1 Å². The first-order valence-corrected chi connectivity index (χ1v) is 12.4. The van der Waals surface area contributed by atoms with Crippen LogP contribution in [0.3, 0.4) is 0 Å². The van der Waals surface area contributed by atoms with E-state index in [9.17, 15) is 25.2 Å². The van der Waals surface area contributed by atoms with E-state index in [4.69, 9.17) is 0 Å². The second-order valence-electron chi connectivity index (χ2n) is 11.8. The van der Waals surface area contributed by atoms with E-state index in [1.165, 1.54) is 0 Å². The molecule has 0 spiro atoms. The minimum absolute atomic E-state index is 0.0365. The quantitative estimate of drug-likeness (QED) is 0.475. The number of fused-ring (bicyclic) bond motifs is 4. The normalized spacial score (nSPS) is 40.4. The van der Waals surface area contributed by atoms with E-state index < -0.39 is 23.2 Å². The van der Waals surface area contributed by atoms with Gasteiger partial charge in [0.15, 0.2) is 5.78 Å². The van der Waals surface area contributed by atoms with Crippen LogP contribution < -0.4 is 0 Å². The molecule has 5 heteroatoms. The Labute approximate surface area is 197 Å². The van der Waals surface area contributed by atoms with Crippen LogP contribution in [0.1, 0.15) is 60.3 Å². The predicted octanol–water partition coefficient (Wildman–Crippen LogP) is 3.49. The van der Waals surface area contributed by atoms with E-state index in [2.05, 4.69) is 26.8 Å². The zero-order valence-electron chi connectivity index (χ0n) is 20.6. The molecule has 1 fully saturated rings. The van der Waals surface area contributed by atoms with Crippen LogP contribution in [0.15, 0.2) is 47.1 Å². The fourth-order valence-electron chi connectivity index (χ4n) is 7.14. The van der Waals surface area contributed by atoms with Gasteiger partial charge in [-0.2, -0.15) is 0 Å². The van der Waals surface area contributed by atoms with E-state index >= 15 is 0 Å². The Morgan fingerprint density at radius 3 is 2.52 bits per heavy atom. The summed E-state index contributed by atoms with van der Waals surface area (Å²) >= 11 is 0. The summed E-state index contributed by atoms with van der Waals surface area (Å²) < 4.78 is 0. The fraction of sp³-hybridized carbons (Fsp3) is 0.679. The summed E-state index contributed by atoms with van der Waals surface area (Å²) in [4.78, 5) is 12.0. The van der Waals surface area contributed by atoms with Gasteiger partial charge in [0, 0.05) is 17.8 Å². The Morgan fingerprint density at radius 1 is 1.18 bits per heavy atom. The van der Waals surface area contributed by atoms with Crippen LogP contribution in [-0.4, -0.2) is 50.6 Å². The number of ketones is 1. The molecular formula is C28H40O5. The molecule has 0 amide bonds. The average molecular weight is 457 g/mol. The third-order valence-electron chi connectivity index (χ3n) is 9.46. The summed E-state index contributed by atoms with van der Waals surface area (Å²) in [6.45, 7) is 9.62. The molecule has 0 saturated heterocycles. The van der Waals surface area contributed by atoms with Gasteiger partial charge in [0.1, 0.15) is 0 Å². The van der Waals surface area contributed by atoms with Gasteiger partial charge in [0.05, 0.1) is 24.4 Å². The molecule has 0 aromatic heterocycles. The van der Waals surface area contributed by atoms with E-state index in [0.717, 1.165) is 23.1 Å². The lowest BCUT2D eigenvalue weighted by Gasteiger charge is -2.53. The molecule has 4 aliphatic rings. The van der Waals surface area contributed by atoms with Gasteiger partial charge in [-0.05, 0) is 79.1 Å². The number of aliphatic hydroxyl groups is 4. The molecule has 0 aromatic rings. The molecule has 0 aliphatic heterocycles. The SMILES string of the molecule is C[C@H](/C=C/C(CO)C(C)(C)O)[C@H]1C[C@H](O)C2=C3C=CC4=CC(=O)CC[C@]4(C)[C@H]3C[C@@H](O)[C@@]21C. The number of hydrogen-bond donors (Lipinski definition) is 4. The highest BCUT2D eigenvalue weighted by Crippen LogP contribution is 2.63. The van der Waals surface area contributed by atoms with Crippen LogP contribution in [0.4, 0.5) is 0 Å². The minimum Gasteiger partial charge on any atom is -0.396 e. The molecule has 4 aliphatic carbocycles.